The number of nitrogens with two attached hydrogens (primary N) is 1. The fourth-order valence-electron chi connectivity index (χ4n) is 1.98. The predicted octanol–water partition coefficient (Wildman–Crippen LogP) is 2.15. The van der Waals surface area contributed by atoms with Crippen molar-refractivity contribution in [2.75, 3.05) is 24.3 Å². The molecule has 120 valence electrons. The van der Waals surface area contributed by atoms with Crippen LogP contribution in [-0.4, -0.2) is 25.5 Å². The van der Waals surface area contributed by atoms with Gasteiger partial charge in [-0.05, 0) is 48.9 Å². The lowest BCUT2D eigenvalue weighted by Gasteiger charge is -2.11. The molecule has 0 aliphatic rings. The highest BCUT2D eigenvalue weighted by molar-refractivity contribution is 6.05. The second kappa shape index (κ2) is 7.42. The predicted molar refractivity (Wildman–Crippen MR) is 89.8 cm³/mol. The van der Waals surface area contributed by atoms with Gasteiger partial charge in [-0.15, -0.1) is 0 Å². The summed E-state index contributed by atoms with van der Waals surface area (Å²) in [6.45, 7) is 1.78. The molecule has 6 nitrogen and oxygen atoms in total. The molecular weight excluding hydrogens is 294 g/mol. The molecular formula is C17H19N3O3. The molecule has 23 heavy (non-hydrogen) atoms. The van der Waals surface area contributed by atoms with E-state index in [1.165, 1.54) is 0 Å². The Morgan fingerprint density at radius 2 is 1.78 bits per heavy atom. The molecule has 2 amide bonds. The molecule has 0 heterocycles. The Morgan fingerprint density at radius 1 is 1.09 bits per heavy atom. The highest BCUT2D eigenvalue weighted by Crippen LogP contribution is 2.21. The quantitative estimate of drug-likeness (QED) is 0.788. The number of carbonyl (C=O) groups is 2. The fourth-order valence-corrected chi connectivity index (χ4v) is 1.98. The number of methoxy groups -OCH3 is 1. The van der Waals surface area contributed by atoms with Gasteiger partial charge in [0.25, 0.3) is 5.91 Å². The standard InChI is InChI=1S/C17H19N3O3/c1-11-3-6-13(19-16(21)10-18)9-15(11)20-17(22)12-4-7-14(23-2)8-5-12/h3-9H,10,18H2,1-2H3,(H,19,21)(H,20,22). The Balaban J connectivity index is 2.15. The maximum Gasteiger partial charge on any atom is 0.255 e. The van der Waals surface area contributed by atoms with E-state index in [2.05, 4.69) is 10.6 Å². The first-order valence-corrected chi connectivity index (χ1v) is 7.09. The zero-order valence-electron chi connectivity index (χ0n) is 13.1. The molecule has 0 aromatic heterocycles. The Hall–Kier alpha value is -2.86. The maximum atomic E-state index is 12.3. The van der Waals surface area contributed by atoms with E-state index in [0.717, 1.165) is 5.56 Å². The highest BCUT2D eigenvalue weighted by Gasteiger charge is 2.09. The monoisotopic (exact) mass is 313 g/mol. The van der Waals surface area contributed by atoms with Gasteiger partial charge in [-0.2, -0.15) is 0 Å². The van der Waals surface area contributed by atoms with Crippen LogP contribution < -0.4 is 21.1 Å². The van der Waals surface area contributed by atoms with Gasteiger partial charge < -0.3 is 21.1 Å². The average Bonchev–Trinajstić information content (AvgIpc) is 2.57. The number of aryl methyl sites for hydroxylation is 1. The molecule has 0 saturated heterocycles. The van der Waals surface area contributed by atoms with Gasteiger partial charge in [0.2, 0.25) is 5.91 Å². The molecule has 2 aromatic carbocycles. The summed E-state index contributed by atoms with van der Waals surface area (Å²) in [5.41, 5.74) is 7.88. The first-order chi connectivity index (χ1) is 11.0. The molecule has 0 bridgehead atoms. The first-order valence-electron chi connectivity index (χ1n) is 7.09. The van der Waals surface area contributed by atoms with Crippen LogP contribution in [0.3, 0.4) is 0 Å². The molecule has 6 heteroatoms. The second-order valence-electron chi connectivity index (χ2n) is 4.96. The van der Waals surface area contributed by atoms with E-state index in [0.29, 0.717) is 22.7 Å². The van der Waals surface area contributed by atoms with E-state index < -0.39 is 0 Å². The molecule has 0 fully saturated rings. The number of carbonyl (C=O) groups excluding carboxylic acids is 2. The molecule has 2 aromatic rings. The topological polar surface area (TPSA) is 93.5 Å². The highest BCUT2D eigenvalue weighted by atomic mass is 16.5. The van der Waals surface area contributed by atoms with Crippen molar-refractivity contribution in [1.82, 2.24) is 0 Å². The molecule has 0 aliphatic carbocycles. The molecule has 0 aliphatic heterocycles. The van der Waals surface area contributed by atoms with Crippen molar-refractivity contribution in [2.24, 2.45) is 5.73 Å². The van der Waals surface area contributed by atoms with E-state index in [-0.39, 0.29) is 18.4 Å². The molecule has 4 N–H and O–H groups in total. The average molecular weight is 313 g/mol. The SMILES string of the molecule is COc1ccc(C(=O)Nc2cc(NC(=O)CN)ccc2C)cc1. The zero-order valence-corrected chi connectivity index (χ0v) is 13.1. The fraction of sp³-hybridized carbons (Fsp3) is 0.176. The van der Waals surface area contributed by atoms with E-state index in [9.17, 15) is 9.59 Å². The third-order valence-electron chi connectivity index (χ3n) is 3.31. The van der Waals surface area contributed by atoms with Crippen molar-refractivity contribution in [3.63, 3.8) is 0 Å². The summed E-state index contributed by atoms with van der Waals surface area (Å²) in [7, 11) is 1.57. The van der Waals surface area contributed by atoms with E-state index >= 15 is 0 Å². The molecule has 0 saturated carbocycles. The summed E-state index contributed by atoms with van der Waals surface area (Å²) in [6, 6.07) is 12.1. The van der Waals surface area contributed by atoms with E-state index in [1.54, 1.807) is 43.5 Å². The number of anilines is 2. The van der Waals surface area contributed by atoms with Gasteiger partial charge in [0, 0.05) is 16.9 Å². The number of benzene rings is 2. The van der Waals surface area contributed by atoms with Crippen molar-refractivity contribution < 1.29 is 14.3 Å². The first kappa shape index (κ1) is 16.5. The van der Waals surface area contributed by atoms with Crippen LogP contribution in [0, 0.1) is 6.92 Å². The molecule has 0 radical (unpaired) electrons. The molecule has 0 unspecified atom stereocenters. The number of hydrogen-bond acceptors (Lipinski definition) is 4. The van der Waals surface area contributed by atoms with Crippen LogP contribution in [0.5, 0.6) is 5.75 Å². The number of hydrogen-bond donors (Lipinski definition) is 3. The van der Waals surface area contributed by atoms with Crippen molar-refractivity contribution >= 4 is 23.2 Å². The second-order valence-corrected chi connectivity index (χ2v) is 4.96. The van der Waals surface area contributed by atoms with Gasteiger partial charge in [0.05, 0.1) is 13.7 Å². The van der Waals surface area contributed by atoms with Crippen molar-refractivity contribution in [3.05, 3.63) is 53.6 Å². The summed E-state index contributed by atoms with van der Waals surface area (Å²) >= 11 is 0. The summed E-state index contributed by atoms with van der Waals surface area (Å²) in [5.74, 6) is 0.156. The lowest BCUT2D eigenvalue weighted by molar-refractivity contribution is -0.114. The summed E-state index contributed by atoms with van der Waals surface area (Å²) in [4.78, 5) is 23.6. The largest absolute Gasteiger partial charge is 0.497 e. The Kier molecular flexibility index (Phi) is 5.32. The Bertz CT molecular complexity index is 712. The van der Waals surface area contributed by atoms with E-state index in [4.69, 9.17) is 10.5 Å². The van der Waals surface area contributed by atoms with Gasteiger partial charge in [0.1, 0.15) is 5.75 Å². The van der Waals surface area contributed by atoms with Crippen molar-refractivity contribution in [2.45, 2.75) is 6.92 Å². The number of amides is 2. The Morgan fingerprint density at radius 3 is 2.39 bits per heavy atom. The minimum Gasteiger partial charge on any atom is -0.497 e. The smallest absolute Gasteiger partial charge is 0.255 e. The summed E-state index contributed by atoms with van der Waals surface area (Å²) < 4.78 is 5.07. The minimum absolute atomic E-state index is 0.0958. The van der Waals surface area contributed by atoms with Gasteiger partial charge in [-0.1, -0.05) is 6.07 Å². The number of ether oxygens (including phenoxy) is 1. The zero-order chi connectivity index (χ0) is 16.8. The maximum absolute atomic E-state index is 12.3. The number of nitrogens with one attached hydrogen (secondary N) is 2. The van der Waals surface area contributed by atoms with Crippen molar-refractivity contribution in [3.8, 4) is 5.75 Å². The summed E-state index contributed by atoms with van der Waals surface area (Å²) in [5, 5.41) is 5.49. The molecule has 2 rings (SSSR count). The molecule has 0 spiro atoms. The van der Waals surface area contributed by atoms with Crippen LogP contribution in [0.4, 0.5) is 11.4 Å². The van der Waals surface area contributed by atoms with Gasteiger partial charge in [0.15, 0.2) is 0 Å². The third kappa shape index (κ3) is 4.31. The minimum atomic E-state index is -0.290. The van der Waals surface area contributed by atoms with Crippen LogP contribution in [-0.2, 0) is 4.79 Å². The van der Waals surface area contributed by atoms with Crippen LogP contribution in [0.15, 0.2) is 42.5 Å². The Labute approximate surface area is 134 Å². The lowest BCUT2D eigenvalue weighted by Crippen LogP contribution is -2.22. The van der Waals surface area contributed by atoms with Crippen LogP contribution in [0.25, 0.3) is 0 Å². The van der Waals surface area contributed by atoms with Gasteiger partial charge >= 0.3 is 0 Å². The van der Waals surface area contributed by atoms with Gasteiger partial charge in [-0.3, -0.25) is 9.59 Å². The normalized spacial score (nSPS) is 10.0. The molecule has 0 atom stereocenters. The van der Waals surface area contributed by atoms with Gasteiger partial charge in [-0.25, -0.2) is 0 Å². The summed E-state index contributed by atoms with van der Waals surface area (Å²) in [6.07, 6.45) is 0. The van der Waals surface area contributed by atoms with E-state index in [1.807, 2.05) is 13.0 Å². The lowest BCUT2D eigenvalue weighted by atomic mass is 10.1. The van der Waals surface area contributed by atoms with Crippen LogP contribution in [0.1, 0.15) is 15.9 Å². The van der Waals surface area contributed by atoms with Crippen LogP contribution in [0.2, 0.25) is 0 Å². The van der Waals surface area contributed by atoms with Crippen molar-refractivity contribution in [1.29, 1.82) is 0 Å². The third-order valence-corrected chi connectivity index (χ3v) is 3.31. The van der Waals surface area contributed by atoms with Crippen LogP contribution >= 0.6 is 0 Å². The number of rotatable bonds is 5.